The van der Waals surface area contributed by atoms with E-state index in [0.717, 1.165) is 18.9 Å². The van der Waals surface area contributed by atoms with Crippen LogP contribution in [0, 0.1) is 11.6 Å². The first-order valence-corrected chi connectivity index (χ1v) is 7.46. The lowest BCUT2D eigenvalue weighted by atomic mass is 9.82. The minimum atomic E-state index is -0.977. The van der Waals surface area contributed by atoms with Crippen LogP contribution in [-0.2, 0) is 5.41 Å². The third-order valence-corrected chi connectivity index (χ3v) is 4.68. The van der Waals surface area contributed by atoms with E-state index < -0.39 is 17.0 Å². The van der Waals surface area contributed by atoms with Gasteiger partial charge < -0.3 is 10.3 Å². The van der Waals surface area contributed by atoms with Crippen LogP contribution in [0.4, 0.5) is 8.78 Å². The van der Waals surface area contributed by atoms with Crippen molar-refractivity contribution in [3.8, 4) is 11.4 Å². The van der Waals surface area contributed by atoms with Crippen LogP contribution in [0.25, 0.3) is 11.4 Å². The highest BCUT2D eigenvalue weighted by Crippen LogP contribution is 2.34. The molecule has 2 rings (SSSR count). The van der Waals surface area contributed by atoms with Crippen LogP contribution in [0.3, 0.4) is 0 Å². The molecule has 0 saturated heterocycles. The first kappa shape index (κ1) is 16.0. The number of halogens is 3. The molecule has 0 aliphatic rings. The highest BCUT2D eigenvalue weighted by molar-refractivity contribution is 9.10. The van der Waals surface area contributed by atoms with Crippen molar-refractivity contribution in [1.82, 2.24) is 10.1 Å². The van der Waals surface area contributed by atoms with Gasteiger partial charge in [0.2, 0.25) is 11.7 Å². The van der Waals surface area contributed by atoms with E-state index in [1.165, 1.54) is 6.07 Å². The van der Waals surface area contributed by atoms with Crippen LogP contribution >= 0.6 is 15.9 Å². The van der Waals surface area contributed by atoms with Gasteiger partial charge in [0.15, 0.2) is 11.6 Å². The van der Waals surface area contributed by atoms with Crippen LogP contribution in [0.5, 0.6) is 0 Å². The second-order valence-corrected chi connectivity index (χ2v) is 5.63. The maximum Gasteiger partial charge on any atom is 0.234 e. The van der Waals surface area contributed by atoms with E-state index >= 15 is 0 Å². The molecule has 0 radical (unpaired) electrons. The molecule has 114 valence electrons. The summed E-state index contributed by atoms with van der Waals surface area (Å²) in [6.07, 6.45) is 1.50. The molecule has 7 heteroatoms. The van der Waals surface area contributed by atoms with Gasteiger partial charge in [-0.15, -0.1) is 0 Å². The number of rotatable bonds is 5. The standard InChI is InChI=1S/C14H16BrF2N3O/c1-3-14(4-2,7-18)13-19-12(20-21-13)8-5-6-9(16)11(17)10(8)15/h5-6H,3-4,7,18H2,1-2H3. The molecule has 0 atom stereocenters. The van der Waals surface area contributed by atoms with Gasteiger partial charge in [-0.1, -0.05) is 19.0 Å². The van der Waals surface area contributed by atoms with Crippen molar-refractivity contribution in [2.24, 2.45) is 5.73 Å². The Balaban J connectivity index is 2.48. The zero-order valence-corrected chi connectivity index (χ0v) is 13.4. The molecule has 1 aromatic heterocycles. The summed E-state index contributed by atoms with van der Waals surface area (Å²) < 4.78 is 32.0. The lowest BCUT2D eigenvalue weighted by Gasteiger charge is -2.24. The molecule has 0 aliphatic carbocycles. The summed E-state index contributed by atoms with van der Waals surface area (Å²) in [6, 6.07) is 2.43. The zero-order valence-electron chi connectivity index (χ0n) is 11.8. The molecule has 0 amide bonds. The van der Waals surface area contributed by atoms with Crippen molar-refractivity contribution in [1.29, 1.82) is 0 Å². The summed E-state index contributed by atoms with van der Waals surface area (Å²) in [5.41, 5.74) is 5.78. The van der Waals surface area contributed by atoms with Gasteiger partial charge in [-0.25, -0.2) is 8.78 Å². The molecule has 4 nitrogen and oxygen atoms in total. The van der Waals surface area contributed by atoms with Crippen molar-refractivity contribution in [3.05, 3.63) is 34.1 Å². The van der Waals surface area contributed by atoms with E-state index in [-0.39, 0.29) is 10.3 Å². The first-order valence-electron chi connectivity index (χ1n) is 6.67. The Hall–Kier alpha value is -1.34. The minimum absolute atomic E-state index is 0.0267. The van der Waals surface area contributed by atoms with Crippen molar-refractivity contribution < 1.29 is 13.3 Å². The SMILES string of the molecule is CCC(CC)(CN)c1nc(-c2ccc(F)c(F)c2Br)no1. The summed E-state index contributed by atoms with van der Waals surface area (Å²) in [5, 5.41) is 3.87. The lowest BCUT2D eigenvalue weighted by Crippen LogP contribution is -2.34. The molecule has 2 aromatic rings. The average Bonchev–Trinajstić information content (AvgIpc) is 2.98. The van der Waals surface area contributed by atoms with Crippen LogP contribution in [0.2, 0.25) is 0 Å². The summed E-state index contributed by atoms with van der Waals surface area (Å²) in [4.78, 5) is 4.32. The number of hydrogen-bond donors (Lipinski definition) is 1. The normalized spacial score (nSPS) is 11.9. The van der Waals surface area contributed by atoms with E-state index in [9.17, 15) is 8.78 Å². The van der Waals surface area contributed by atoms with Gasteiger partial charge in [-0.05, 0) is 40.9 Å². The topological polar surface area (TPSA) is 64.9 Å². The van der Waals surface area contributed by atoms with Gasteiger partial charge in [-0.3, -0.25) is 0 Å². The van der Waals surface area contributed by atoms with Crippen LogP contribution in [0.15, 0.2) is 21.1 Å². The monoisotopic (exact) mass is 359 g/mol. The fourth-order valence-corrected chi connectivity index (χ4v) is 2.67. The Morgan fingerprint density at radius 3 is 2.52 bits per heavy atom. The Morgan fingerprint density at radius 1 is 1.29 bits per heavy atom. The predicted molar refractivity (Wildman–Crippen MR) is 78.7 cm³/mol. The van der Waals surface area contributed by atoms with Crippen LogP contribution in [0.1, 0.15) is 32.6 Å². The maximum atomic E-state index is 13.6. The summed E-state index contributed by atoms with van der Waals surface area (Å²) in [6.45, 7) is 4.36. The molecule has 0 saturated carbocycles. The Kier molecular flexibility index (Phi) is 4.73. The lowest BCUT2D eigenvalue weighted by molar-refractivity contribution is 0.267. The van der Waals surface area contributed by atoms with E-state index in [0.29, 0.717) is 18.0 Å². The molecule has 1 aromatic carbocycles. The van der Waals surface area contributed by atoms with Crippen molar-refractivity contribution >= 4 is 15.9 Å². The molecular formula is C14H16BrF2N3O. The van der Waals surface area contributed by atoms with Crippen molar-refractivity contribution in [2.75, 3.05) is 6.54 Å². The molecular weight excluding hydrogens is 344 g/mol. The maximum absolute atomic E-state index is 13.6. The van der Waals surface area contributed by atoms with E-state index in [1.54, 1.807) is 0 Å². The molecule has 0 fully saturated rings. The second-order valence-electron chi connectivity index (χ2n) is 4.84. The molecule has 21 heavy (non-hydrogen) atoms. The summed E-state index contributed by atoms with van der Waals surface area (Å²) in [5.74, 6) is -1.29. The summed E-state index contributed by atoms with van der Waals surface area (Å²) >= 11 is 3.02. The second kappa shape index (κ2) is 6.19. The zero-order chi connectivity index (χ0) is 15.6. The Bertz CT molecular complexity index is 633. The number of nitrogens with zero attached hydrogens (tertiary/aromatic N) is 2. The highest BCUT2D eigenvalue weighted by atomic mass is 79.9. The Morgan fingerprint density at radius 2 is 1.95 bits per heavy atom. The van der Waals surface area contributed by atoms with Gasteiger partial charge in [-0.2, -0.15) is 4.98 Å². The molecule has 1 heterocycles. The van der Waals surface area contributed by atoms with Crippen molar-refractivity contribution in [2.45, 2.75) is 32.1 Å². The summed E-state index contributed by atoms with van der Waals surface area (Å²) in [7, 11) is 0. The highest BCUT2D eigenvalue weighted by Gasteiger charge is 2.33. The van der Waals surface area contributed by atoms with Gasteiger partial charge in [0.05, 0.1) is 9.89 Å². The van der Waals surface area contributed by atoms with Gasteiger partial charge in [0.1, 0.15) is 0 Å². The fraction of sp³-hybridized carbons (Fsp3) is 0.429. The molecule has 0 unspecified atom stereocenters. The van der Waals surface area contributed by atoms with E-state index in [2.05, 4.69) is 26.1 Å². The van der Waals surface area contributed by atoms with Crippen LogP contribution < -0.4 is 5.73 Å². The van der Waals surface area contributed by atoms with Crippen LogP contribution in [-0.4, -0.2) is 16.7 Å². The quantitative estimate of drug-likeness (QED) is 0.824. The van der Waals surface area contributed by atoms with Gasteiger partial charge >= 0.3 is 0 Å². The van der Waals surface area contributed by atoms with Gasteiger partial charge in [0, 0.05) is 12.1 Å². The molecule has 0 spiro atoms. The number of nitrogens with two attached hydrogens (primary N) is 1. The van der Waals surface area contributed by atoms with E-state index in [1.807, 2.05) is 13.8 Å². The third kappa shape index (κ3) is 2.72. The van der Waals surface area contributed by atoms with Crippen molar-refractivity contribution in [3.63, 3.8) is 0 Å². The van der Waals surface area contributed by atoms with Gasteiger partial charge in [0.25, 0.3) is 0 Å². The smallest absolute Gasteiger partial charge is 0.234 e. The molecule has 0 aliphatic heterocycles. The minimum Gasteiger partial charge on any atom is -0.338 e. The number of benzene rings is 1. The number of aromatic nitrogens is 2. The first-order chi connectivity index (χ1) is 9.99. The van der Waals surface area contributed by atoms with E-state index in [4.69, 9.17) is 10.3 Å². The largest absolute Gasteiger partial charge is 0.338 e. The molecule has 2 N–H and O–H groups in total. The predicted octanol–water partition coefficient (Wildman–Crippen LogP) is 3.79. The Labute approximate surface area is 129 Å². The average molecular weight is 360 g/mol. The number of hydrogen-bond acceptors (Lipinski definition) is 4. The third-order valence-electron chi connectivity index (χ3n) is 3.90. The fourth-order valence-electron chi connectivity index (χ4n) is 2.18. The molecule has 0 bridgehead atoms.